The Morgan fingerprint density at radius 3 is 2.05 bits per heavy atom. The number of hydrogen-bond donors (Lipinski definition) is 0. The van der Waals surface area contributed by atoms with E-state index in [4.69, 9.17) is 18.9 Å². The van der Waals surface area contributed by atoms with Crippen molar-refractivity contribution in [2.24, 2.45) is 0 Å². The first-order chi connectivity index (χ1) is 10.8. The van der Waals surface area contributed by atoms with Gasteiger partial charge in [-0.1, -0.05) is 23.8 Å². The third kappa shape index (κ3) is 5.66. The van der Waals surface area contributed by atoms with Crippen LogP contribution in [-0.4, -0.2) is 33.5 Å². The predicted molar refractivity (Wildman–Crippen MR) is 86.0 cm³/mol. The Morgan fingerprint density at radius 2 is 1.36 bits per heavy atom. The van der Waals surface area contributed by atoms with E-state index in [0.717, 1.165) is 17.2 Å². The van der Waals surface area contributed by atoms with Crippen molar-refractivity contribution in [3.05, 3.63) is 54.1 Å². The Hall–Kier alpha value is -2.20. The Morgan fingerprint density at radius 1 is 0.727 bits per heavy atom. The molecular weight excluding hydrogens is 280 g/mol. The van der Waals surface area contributed by atoms with Gasteiger partial charge in [-0.15, -0.1) is 0 Å². The molecule has 2 rings (SSSR count). The van der Waals surface area contributed by atoms with Crippen molar-refractivity contribution in [3.63, 3.8) is 0 Å². The van der Waals surface area contributed by atoms with Crippen LogP contribution in [0.4, 0.5) is 0 Å². The van der Waals surface area contributed by atoms with Gasteiger partial charge >= 0.3 is 0 Å². The van der Waals surface area contributed by atoms with Crippen LogP contribution < -0.4 is 14.2 Å². The summed E-state index contributed by atoms with van der Waals surface area (Å²) in [6.07, 6.45) is 0. The molecule has 0 aliphatic heterocycles. The smallest absolute Gasteiger partial charge is 0.123 e. The van der Waals surface area contributed by atoms with Crippen molar-refractivity contribution in [1.82, 2.24) is 0 Å². The molecule has 0 aliphatic rings. The molecule has 0 heterocycles. The number of hydrogen-bond acceptors (Lipinski definition) is 4. The van der Waals surface area contributed by atoms with Crippen molar-refractivity contribution in [3.8, 4) is 17.2 Å². The molecule has 0 N–H and O–H groups in total. The topological polar surface area (TPSA) is 36.9 Å². The molecular formula is C18H22O4. The molecule has 0 unspecified atom stereocenters. The molecule has 0 fully saturated rings. The third-order valence-corrected chi connectivity index (χ3v) is 3.05. The number of aryl methyl sites for hydroxylation is 1. The zero-order valence-corrected chi connectivity index (χ0v) is 13.1. The lowest BCUT2D eigenvalue weighted by Gasteiger charge is -2.09. The zero-order valence-electron chi connectivity index (χ0n) is 13.1. The van der Waals surface area contributed by atoms with E-state index in [-0.39, 0.29) is 0 Å². The summed E-state index contributed by atoms with van der Waals surface area (Å²) in [5, 5.41) is 0. The maximum Gasteiger partial charge on any atom is 0.123 e. The van der Waals surface area contributed by atoms with Gasteiger partial charge in [0.1, 0.15) is 30.5 Å². The quantitative estimate of drug-likeness (QED) is 0.665. The van der Waals surface area contributed by atoms with Crippen LogP contribution in [0.2, 0.25) is 0 Å². The van der Waals surface area contributed by atoms with Gasteiger partial charge in [-0.3, -0.25) is 0 Å². The second-order valence-electron chi connectivity index (χ2n) is 4.80. The molecule has 0 aromatic heterocycles. The van der Waals surface area contributed by atoms with Crippen LogP contribution in [0.15, 0.2) is 48.5 Å². The zero-order chi connectivity index (χ0) is 15.6. The van der Waals surface area contributed by atoms with Gasteiger partial charge in [0.2, 0.25) is 0 Å². The van der Waals surface area contributed by atoms with Gasteiger partial charge in [-0.25, -0.2) is 0 Å². The molecule has 0 saturated carbocycles. The largest absolute Gasteiger partial charge is 0.497 e. The molecule has 4 heteroatoms. The highest BCUT2D eigenvalue weighted by Crippen LogP contribution is 2.18. The molecule has 4 nitrogen and oxygen atoms in total. The van der Waals surface area contributed by atoms with Gasteiger partial charge in [0.05, 0.1) is 20.3 Å². The highest BCUT2D eigenvalue weighted by atomic mass is 16.5. The molecule has 2 aromatic carbocycles. The molecule has 0 spiro atoms. The standard InChI is InChI=1S/C18H22O4/c1-15-6-8-16(9-7-15)21-12-10-20-11-13-22-18-5-3-4-17(14-18)19-2/h3-9,14H,10-13H2,1-2H3. The third-order valence-electron chi connectivity index (χ3n) is 3.05. The van der Waals surface area contributed by atoms with Crippen LogP contribution in [0.3, 0.4) is 0 Å². The van der Waals surface area contributed by atoms with Crippen molar-refractivity contribution >= 4 is 0 Å². The lowest BCUT2D eigenvalue weighted by molar-refractivity contribution is 0.0764. The van der Waals surface area contributed by atoms with E-state index in [2.05, 4.69) is 6.92 Å². The molecule has 0 amide bonds. The van der Waals surface area contributed by atoms with E-state index in [1.165, 1.54) is 5.56 Å². The fourth-order valence-corrected chi connectivity index (χ4v) is 1.86. The highest BCUT2D eigenvalue weighted by molar-refractivity contribution is 5.32. The fourth-order valence-electron chi connectivity index (χ4n) is 1.86. The minimum atomic E-state index is 0.498. The Kier molecular flexibility index (Phi) is 6.58. The summed E-state index contributed by atoms with van der Waals surface area (Å²) < 4.78 is 21.8. The summed E-state index contributed by atoms with van der Waals surface area (Å²) in [7, 11) is 1.64. The lowest BCUT2D eigenvalue weighted by atomic mass is 10.2. The Labute approximate surface area is 131 Å². The van der Waals surface area contributed by atoms with Crippen LogP contribution in [0.1, 0.15) is 5.56 Å². The van der Waals surface area contributed by atoms with Crippen molar-refractivity contribution in [2.45, 2.75) is 6.92 Å². The van der Waals surface area contributed by atoms with Crippen molar-refractivity contribution in [2.75, 3.05) is 33.5 Å². The van der Waals surface area contributed by atoms with Crippen LogP contribution in [-0.2, 0) is 4.74 Å². The Bertz CT molecular complexity index is 551. The second-order valence-corrected chi connectivity index (χ2v) is 4.80. The first-order valence-electron chi connectivity index (χ1n) is 7.32. The van der Waals surface area contributed by atoms with Crippen LogP contribution in [0.25, 0.3) is 0 Å². The number of benzene rings is 2. The van der Waals surface area contributed by atoms with E-state index in [1.807, 2.05) is 48.5 Å². The van der Waals surface area contributed by atoms with E-state index in [9.17, 15) is 0 Å². The average molecular weight is 302 g/mol. The molecule has 22 heavy (non-hydrogen) atoms. The van der Waals surface area contributed by atoms with Gasteiger partial charge in [-0.05, 0) is 31.2 Å². The Balaban J connectivity index is 1.54. The highest BCUT2D eigenvalue weighted by Gasteiger charge is 1.97. The summed E-state index contributed by atoms with van der Waals surface area (Å²) in [4.78, 5) is 0. The predicted octanol–water partition coefficient (Wildman–Crippen LogP) is 3.48. The SMILES string of the molecule is COc1cccc(OCCOCCOc2ccc(C)cc2)c1. The molecule has 0 bridgehead atoms. The lowest BCUT2D eigenvalue weighted by Crippen LogP contribution is -2.12. The first-order valence-corrected chi connectivity index (χ1v) is 7.32. The maximum atomic E-state index is 5.58. The minimum Gasteiger partial charge on any atom is -0.497 e. The monoisotopic (exact) mass is 302 g/mol. The molecule has 2 aromatic rings. The average Bonchev–Trinajstić information content (AvgIpc) is 2.56. The normalized spacial score (nSPS) is 10.3. The summed E-state index contributed by atoms with van der Waals surface area (Å²) in [6.45, 7) is 4.14. The maximum absolute atomic E-state index is 5.58. The van der Waals surface area contributed by atoms with Crippen LogP contribution in [0, 0.1) is 6.92 Å². The van der Waals surface area contributed by atoms with E-state index in [1.54, 1.807) is 7.11 Å². The van der Waals surface area contributed by atoms with Gasteiger partial charge in [0.25, 0.3) is 0 Å². The number of rotatable bonds is 9. The summed E-state index contributed by atoms with van der Waals surface area (Å²) >= 11 is 0. The molecule has 0 aliphatic carbocycles. The molecule has 0 radical (unpaired) electrons. The molecule has 118 valence electrons. The molecule has 0 atom stereocenters. The second kappa shape index (κ2) is 8.95. The van der Waals surface area contributed by atoms with Gasteiger partial charge in [0, 0.05) is 6.07 Å². The van der Waals surface area contributed by atoms with Crippen molar-refractivity contribution < 1.29 is 18.9 Å². The van der Waals surface area contributed by atoms with Gasteiger partial charge < -0.3 is 18.9 Å². The van der Waals surface area contributed by atoms with Crippen LogP contribution in [0.5, 0.6) is 17.2 Å². The van der Waals surface area contributed by atoms with Gasteiger partial charge in [-0.2, -0.15) is 0 Å². The molecule has 0 saturated heterocycles. The van der Waals surface area contributed by atoms with E-state index < -0.39 is 0 Å². The minimum absolute atomic E-state index is 0.498. The number of methoxy groups -OCH3 is 1. The first kappa shape index (κ1) is 16.2. The van der Waals surface area contributed by atoms with Gasteiger partial charge in [0.15, 0.2) is 0 Å². The summed E-state index contributed by atoms with van der Waals surface area (Å²) in [6, 6.07) is 15.5. The summed E-state index contributed by atoms with van der Waals surface area (Å²) in [5.41, 5.74) is 1.22. The van der Waals surface area contributed by atoms with E-state index in [0.29, 0.717) is 26.4 Å². The number of ether oxygens (including phenoxy) is 4. The fraction of sp³-hybridized carbons (Fsp3) is 0.333. The van der Waals surface area contributed by atoms with E-state index >= 15 is 0 Å². The van der Waals surface area contributed by atoms with Crippen LogP contribution >= 0.6 is 0 Å². The van der Waals surface area contributed by atoms with Crippen molar-refractivity contribution in [1.29, 1.82) is 0 Å². The summed E-state index contributed by atoms with van der Waals surface area (Å²) in [5.74, 6) is 2.42.